The summed E-state index contributed by atoms with van der Waals surface area (Å²) >= 11 is 7.18. The average molecular weight is 813 g/mol. The van der Waals surface area contributed by atoms with Crippen molar-refractivity contribution in [3.05, 3.63) is 80.3 Å². The molecule has 0 heterocycles. The molecule has 49 heavy (non-hydrogen) atoms. The topological polar surface area (TPSA) is 136 Å². The van der Waals surface area contributed by atoms with Gasteiger partial charge >= 0.3 is 0 Å². The minimum Gasteiger partial charge on any atom is -0.492 e. The Labute approximate surface area is 314 Å². The second-order valence-corrected chi connectivity index (χ2v) is 14.5. The summed E-state index contributed by atoms with van der Waals surface area (Å²) in [6.45, 7) is 9.18. The molecule has 0 fully saturated rings. The van der Waals surface area contributed by atoms with Gasteiger partial charge in [0.05, 0.1) is 22.2 Å². The summed E-state index contributed by atoms with van der Waals surface area (Å²) in [4.78, 5) is 4.31. The predicted octanol–water partition coefficient (Wildman–Crippen LogP) is 6.59. The number of allylic oxidation sites excluding steroid dienone is 2. The highest BCUT2D eigenvalue weighted by Crippen LogP contribution is 2.27. The van der Waals surface area contributed by atoms with Gasteiger partial charge in [0.15, 0.2) is 0 Å². The van der Waals surface area contributed by atoms with E-state index in [9.17, 15) is 0 Å². The van der Waals surface area contributed by atoms with E-state index >= 15 is 0 Å². The van der Waals surface area contributed by atoms with Crippen LogP contribution in [0.2, 0.25) is 0 Å². The molecule has 2 rings (SSSR count). The Balaban J connectivity index is 0.000000490. The Morgan fingerprint density at radius 3 is 1.43 bits per heavy atom. The van der Waals surface area contributed by atoms with Gasteiger partial charge in [-0.1, -0.05) is 38.8 Å². The highest BCUT2D eigenvalue weighted by Gasteiger charge is 2.06. The van der Waals surface area contributed by atoms with E-state index in [4.69, 9.17) is 32.6 Å². The van der Waals surface area contributed by atoms with Crippen LogP contribution in [0.1, 0.15) is 69.9 Å². The van der Waals surface area contributed by atoms with E-state index in [1.165, 1.54) is 11.1 Å². The summed E-state index contributed by atoms with van der Waals surface area (Å²) in [5.41, 5.74) is 15.9. The smallest absolute Gasteiger partial charge is 0.133 e. The summed E-state index contributed by atoms with van der Waals surface area (Å²) in [5, 5.41) is 3.33. The first-order valence-electron chi connectivity index (χ1n) is 17.4. The van der Waals surface area contributed by atoms with Gasteiger partial charge in [0.25, 0.3) is 0 Å². The molecule has 12 heteroatoms. The number of hydrogen-bond donors (Lipinski definition) is 4. The van der Waals surface area contributed by atoms with Gasteiger partial charge in [-0.3, -0.25) is 0 Å². The zero-order valence-electron chi connectivity index (χ0n) is 30.9. The van der Waals surface area contributed by atoms with Crippen LogP contribution in [-0.4, -0.2) is 87.4 Å². The van der Waals surface area contributed by atoms with E-state index in [1.54, 1.807) is 10.0 Å². The summed E-state index contributed by atoms with van der Waals surface area (Å²) in [5.74, 6) is 13.7. The van der Waals surface area contributed by atoms with E-state index in [1.807, 2.05) is 24.5 Å². The van der Waals surface area contributed by atoms with Crippen molar-refractivity contribution in [2.45, 2.75) is 71.6 Å². The van der Waals surface area contributed by atoms with Crippen molar-refractivity contribution in [2.75, 3.05) is 67.6 Å². The van der Waals surface area contributed by atoms with Crippen molar-refractivity contribution in [1.82, 2.24) is 19.8 Å². The molecule has 0 aromatic heterocycles. The van der Waals surface area contributed by atoms with E-state index in [2.05, 4.69) is 108 Å². The Bertz CT molecular complexity index is 1240. The molecule has 0 saturated carbocycles. The molecule has 0 unspecified atom stereocenters. The van der Waals surface area contributed by atoms with Gasteiger partial charge in [0.1, 0.15) is 11.5 Å². The van der Waals surface area contributed by atoms with Gasteiger partial charge in [-0.15, -0.1) is 0 Å². The monoisotopic (exact) mass is 810 g/mol. The number of hydrogen-bond acceptors (Lipinski definition) is 10. The van der Waals surface area contributed by atoms with E-state index in [-0.39, 0.29) is 0 Å². The zero-order valence-corrected chi connectivity index (χ0v) is 34.1. The Kier molecular flexibility index (Phi) is 23.9. The van der Waals surface area contributed by atoms with Crippen LogP contribution in [0.15, 0.2) is 69.1 Å². The minimum atomic E-state index is 0.716. The molecule has 0 spiro atoms. The summed E-state index contributed by atoms with van der Waals surface area (Å²) in [6, 6.07) is 12.4. The molecule has 0 radical (unpaired) electrons. The fraction of sp³-hybridized carbons (Fsp3) is 0.568. The van der Waals surface area contributed by atoms with Crippen LogP contribution in [0.5, 0.6) is 11.5 Å². The Hall–Kier alpha value is -2.48. The van der Waals surface area contributed by atoms with Crippen molar-refractivity contribution in [3.8, 4) is 11.5 Å². The van der Waals surface area contributed by atoms with Crippen molar-refractivity contribution < 1.29 is 9.47 Å². The normalized spacial score (nSPS) is 11.8. The second-order valence-electron chi connectivity index (χ2n) is 12.8. The molecule has 2 aromatic rings. The fourth-order valence-corrected chi connectivity index (χ4v) is 5.71. The quantitative estimate of drug-likeness (QED) is 0.0554. The maximum absolute atomic E-state index is 6.00. The van der Waals surface area contributed by atoms with Gasteiger partial charge in [-0.2, -0.15) is 0 Å². The maximum Gasteiger partial charge on any atom is 0.133 e. The van der Waals surface area contributed by atoms with Gasteiger partial charge in [-0.25, -0.2) is 11.7 Å². The molecule has 10 nitrogen and oxygen atoms in total. The lowest BCUT2D eigenvalue weighted by Gasteiger charge is -2.16. The number of unbranched alkanes of at least 4 members (excludes halogenated alkanes) is 1. The van der Waals surface area contributed by atoms with Crippen molar-refractivity contribution in [1.29, 1.82) is 0 Å². The van der Waals surface area contributed by atoms with Crippen molar-refractivity contribution in [3.63, 3.8) is 0 Å². The molecule has 8 N–H and O–H groups in total. The number of nitrogens with zero attached hydrogens (tertiary/aromatic N) is 4. The molecule has 0 bridgehead atoms. The lowest BCUT2D eigenvalue weighted by Crippen LogP contribution is -2.28. The molecule has 0 amide bonds. The fourth-order valence-electron chi connectivity index (χ4n) is 4.63. The zero-order chi connectivity index (χ0) is 36.6. The van der Waals surface area contributed by atoms with Crippen LogP contribution in [0, 0.1) is 0 Å². The highest BCUT2D eigenvalue weighted by molar-refractivity contribution is 9.10. The van der Waals surface area contributed by atoms with Crippen LogP contribution in [0.3, 0.4) is 0 Å². The van der Waals surface area contributed by atoms with Crippen LogP contribution >= 0.6 is 31.9 Å². The lowest BCUT2D eigenvalue weighted by atomic mass is 10.1. The molecule has 0 aliphatic carbocycles. The second kappa shape index (κ2) is 26.3. The molecule has 2 aromatic carbocycles. The van der Waals surface area contributed by atoms with Gasteiger partial charge in [-0.05, 0) is 140 Å². The summed E-state index contributed by atoms with van der Waals surface area (Å²) < 4.78 is 13.6. The first-order valence-corrected chi connectivity index (χ1v) is 19.0. The third-order valence-corrected chi connectivity index (χ3v) is 8.58. The Morgan fingerprint density at radius 2 is 1.06 bits per heavy atom. The lowest BCUT2D eigenvalue weighted by molar-refractivity contribution is 0.280. The van der Waals surface area contributed by atoms with Crippen LogP contribution in [0.4, 0.5) is 0 Å². The third-order valence-electron chi connectivity index (χ3n) is 7.35. The number of hydrazine groups is 2. The van der Waals surface area contributed by atoms with E-state index in [0.29, 0.717) is 13.2 Å². The summed E-state index contributed by atoms with van der Waals surface area (Å²) in [6.07, 6.45) is 12.4. The molecule has 0 aliphatic rings. The first kappa shape index (κ1) is 44.5. The molecular weight excluding hydrogens is 748 g/mol. The average Bonchev–Trinajstić information content (AvgIpc) is 3.03. The third kappa shape index (κ3) is 22.1. The predicted molar refractivity (Wildman–Crippen MR) is 214 cm³/mol. The van der Waals surface area contributed by atoms with E-state index < -0.39 is 0 Å². The molecular formula is C37H64Br2N8O2. The van der Waals surface area contributed by atoms with Crippen molar-refractivity contribution in [2.24, 2.45) is 23.2 Å². The van der Waals surface area contributed by atoms with Crippen molar-refractivity contribution >= 4 is 31.9 Å². The minimum absolute atomic E-state index is 0.716. The van der Waals surface area contributed by atoms with Gasteiger partial charge < -0.3 is 40.8 Å². The first-order chi connectivity index (χ1) is 23.3. The van der Waals surface area contributed by atoms with Crippen LogP contribution in [0.25, 0.3) is 0 Å². The van der Waals surface area contributed by atoms with Crippen LogP contribution < -0.4 is 32.6 Å². The number of halogens is 2. The molecule has 278 valence electrons. The maximum atomic E-state index is 6.00. The highest BCUT2D eigenvalue weighted by atomic mass is 79.9. The van der Waals surface area contributed by atoms with Gasteiger partial charge in [0, 0.05) is 50.0 Å². The largest absolute Gasteiger partial charge is 0.492 e. The summed E-state index contributed by atoms with van der Waals surface area (Å²) in [7, 11) is 8.27. The van der Waals surface area contributed by atoms with Crippen LogP contribution in [-0.2, 0) is 12.8 Å². The standard InChI is InChI=1S/C19H33BrN4O.C18H31BrN4O/c1-4-5-7-17(21)15-24(22)12-10-16-8-9-19(18(20)14-16)25-13-6-11-23(2)3;1-4-6-16(20)14-23(21)11-9-15-7-8-18(17(19)13-15)24-12-5-10-22(2)3/h8-9,14-15H,4-7,10-13,21-22H2,1-3H3;7-8,13-14H,4-6,9-12,20-21H2,1-3H3/b17-15-;16-14-. The number of benzene rings is 2. The number of ether oxygens (including phenoxy) is 2. The molecule has 0 saturated heterocycles. The Morgan fingerprint density at radius 1 is 0.633 bits per heavy atom. The van der Waals surface area contributed by atoms with Gasteiger partial charge in [0.2, 0.25) is 0 Å². The number of nitrogens with two attached hydrogens (primary N) is 4. The molecule has 0 atom stereocenters. The number of rotatable bonds is 23. The molecule has 0 aliphatic heterocycles. The van der Waals surface area contributed by atoms with E-state index in [0.717, 1.165) is 116 Å². The SMILES string of the molecule is CCC/C(N)=C/N(N)CCc1ccc(OCCCN(C)C)c(Br)c1.CCCC/C(N)=C/N(N)CCc1ccc(OCCCN(C)C)c(Br)c1.